The van der Waals surface area contributed by atoms with Gasteiger partial charge in [-0.3, -0.25) is 4.90 Å². The van der Waals surface area contributed by atoms with Gasteiger partial charge in [-0.15, -0.1) is 0 Å². The number of furan rings is 1. The van der Waals surface area contributed by atoms with Gasteiger partial charge in [-0.05, 0) is 49.2 Å². The van der Waals surface area contributed by atoms with Crippen LogP contribution in [0.4, 0.5) is 0 Å². The van der Waals surface area contributed by atoms with Gasteiger partial charge in [0.1, 0.15) is 5.76 Å². The second kappa shape index (κ2) is 11.3. The standard InChI is InChI=1S/C28H33N3O4/c1-20(2)25(32)19-30(17-23-13-10-16-34-23)18-24-21(3)29-31(22-11-6-5-7-12-22)28(24)35-27-15-9-8-14-26(27)33-4/h5-16,20,25,32H,17-19H2,1-4H3/t25-/m0/s1. The summed E-state index contributed by atoms with van der Waals surface area (Å²) >= 11 is 0. The number of ether oxygens (including phenoxy) is 2. The zero-order valence-corrected chi connectivity index (χ0v) is 20.7. The molecule has 0 aliphatic carbocycles. The number of benzene rings is 2. The van der Waals surface area contributed by atoms with Crippen LogP contribution in [0.3, 0.4) is 0 Å². The highest BCUT2D eigenvalue weighted by Gasteiger charge is 2.24. The van der Waals surface area contributed by atoms with Gasteiger partial charge in [0, 0.05) is 13.1 Å². The molecule has 2 aromatic carbocycles. The van der Waals surface area contributed by atoms with E-state index in [-0.39, 0.29) is 5.92 Å². The minimum Gasteiger partial charge on any atom is -0.493 e. The van der Waals surface area contributed by atoms with Crippen molar-refractivity contribution in [2.24, 2.45) is 5.92 Å². The molecule has 4 rings (SSSR count). The van der Waals surface area contributed by atoms with Gasteiger partial charge >= 0.3 is 0 Å². The van der Waals surface area contributed by atoms with Gasteiger partial charge in [0.05, 0.1) is 43.0 Å². The first-order valence-electron chi connectivity index (χ1n) is 11.8. The molecule has 7 nitrogen and oxygen atoms in total. The fourth-order valence-electron chi connectivity index (χ4n) is 3.88. The van der Waals surface area contributed by atoms with Crippen molar-refractivity contribution in [3.63, 3.8) is 0 Å². The number of aliphatic hydroxyl groups excluding tert-OH is 1. The average Bonchev–Trinajstić information content (AvgIpc) is 3.48. The van der Waals surface area contributed by atoms with Crippen molar-refractivity contribution in [2.75, 3.05) is 13.7 Å². The number of aromatic nitrogens is 2. The van der Waals surface area contributed by atoms with Crippen LogP contribution in [-0.2, 0) is 13.1 Å². The van der Waals surface area contributed by atoms with Crippen molar-refractivity contribution >= 4 is 0 Å². The number of rotatable bonds is 11. The number of aryl methyl sites for hydroxylation is 1. The Morgan fingerprint density at radius 2 is 1.69 bits per heavy atom. The van der Waals surface area contributed by atoms with Crippen molar-refractivity contribution in [2.45, 2.75) is 40.0 Å². The van der Waals surface area contributed by atoms with E-state index >= 15 is 0 Å². The van der Waals surface area contributed by atoms with E-state index in [1.54, 1.807) is 13.4 Å². The average molecular weight is 476 g/mol. The SMILES string of the molecule is COc1ccccc1Oc1c(CN(Cc2ccco2)C[C@H](O)C(C)C)c(C)nn1-c1ccccc1. The van der Waals surface area contributed by atoms with Crippen LogP contribution in [0, 0.1) is 12.8 Å². The van der Waals surface area contributed by atoms with Crippen LogP contribution in [0.1, 0.15) is 30.9 Å². The zero-order chi connectivity index (χ0) is 24.8. The first-order valence-corrected chi connectivity index (χ1v) is 11.8. The molecule has 4 aromatic rings. The minimum absolute atomic E-state index is 0.131. The Bertz CT molecular complexity index is 1200. The van der Waals surface area contributed by atoms with Crippen LogP contribution in [0.25, 0.3) is 5.69 Å². The quantitative estimate of drug-likeness (QED) is 0.305. The Morgan fingerprint density at radius 1 is 0.971 bits per heavy atom. The Morgan fingerprint density at radius 3 is 2.34 bits per heavy atom. The summed E-state index contributed by atoms with van der Waals surface area (Å²) in [6, 6.07) is 21.3. The van der Waals surface area contributed by atoms with Gasteiger partial charge in [-0.1, -0.05) is 44.2 Å². The van der Waals surface area contributed by atoms with Gasteiger partial charge in [-0.2, -0.15) is 5.10 Å². The summed E-state index contributed by atoms with van der Waals surface area (Å²) in [4.78, 5) is 2.16. The molecule has 0 fully saturated rings. The first-order chi connectivity index (χ1) is 17.0. The van der Waals surface area contributed by atoms with E-state index in [0.29, 0.717) is 37.0 Å². The third-order valence-corrected chi connectivity index (χ3v) is 5.97. The second-order valence-electron chi connectivity index (χ2n) is 8.93. The van der Waals surface area contributed by atoms with Crippen molar-refractivity contribution in [3.05, 3.63) is 90.0 Å². The molecular weight excluding hydrogens is 442 g/mol. The Hall–Kier alpha value is -3.55. The number of para-hydroxylation sites is 3. The van der Waals surface area contributed by atoms with Crippen molar-refractivity contribution in [1.29, 1.82) is 0 Å². The molecule has 184 valence electrons. The predicted octanol–water partition coefficient (Wildman–Crippen LogP) is 5.59. The molecule has 0 saturated carbocycles. The smallest absolute Gasteiger partial charge is 0.227 e. The third kappa shape index (κ3) is 5.93. The molecule has 1 atom stereocenters. The first kappa shape index (κ1) is 24.6. The summed E-state index contributed by atoms with van der Waals surface area (Å²) in [5.74, 6) is 2.82. The maximum absolute atomic E-state index is 10.7. The summed E-state index contributed by atoms with van der Waals surface area (Å²) < 4.78 is 19.5. The maximum Gasteiger partial charge on any atom is 0.227 e. The number of hydrogen-bond donors (Lipinski definition) is 1. The van der Waals surface area contributed by atoms with Gasteiger partial charge in [0.15, 0.2) is 11.5 Å². The van der Waals surface area contributed by atoms with E-state index in [2.05, 4.69) is 4.90 Å². The molecule has 2 heterocycles. The fourth-order valence-corrected chi connectivity index (χ4v) is 3.88. The van der Waals surface area contributed by atoms with Crippen LogP contribution < -0.4 is 9.47 Å². The Balaban J connectivity index is 1.75. The summed E-state index contributed by atoms with van der Waals surface area (Å²) in [7, 11) is 1.63. The van der Waals surface area contributed by atoms with E-state index in [0.717, 1.165) is 22.7 Å². The number of aliphatic hydroxyl groups is 1. The van der Waals surface area contributed by atoms with Crippen molar-refractivity contribution in [1.82, 2.24) is 14.7 Å². The van der Waals surface area contributed by atoms with E-state index in [1.165, 1.54) is 0 Å². The molecule has 1 N–H and O–H groups in total. The predicted molar refractivity (Wildman–Crippen MR) is 135 cm³/mol. The van der Waals surface area contributed by atoms with Crippen LogP contribution >= 0.6 is 0 Å². The summed E-state index contributed by atoms with van der Waals surface area (Å²) in [5, 5.41) is 15.5. The number of nitrogens with zero attached hydrogens (tertiary/aromatic N) is 3. The molecule has 0 unspecified atom stereocenters. The summed E-state index contributed by atoms with van der Waals surface area (Å²) in [6.07, 6.45) is 1.19. The largest absolute Gasteiger partial charge is 0.493 e. The normalized spacial score (nSPS) is 12.3. The molecule has 0 bridgehead atoms. The van der Waals surface area contributed by atoms with Gasteiger partial charge in [0.25, 0.3) is 0 Å². The molecule has 0 radical (unpaired) electrons. The van der Waals surface area contributed by atoms with Crippen LogP contribution in [0.5, 0.6) is 17.4 Å². The molecule has 0 aliphatic heterocycles. The van der Waals surface area contributed by atoms with Crippen molar-refractivity contribution in [3.8, 4) is 23.1 Å². The van der Waals surface area contributed by atoms with Gasteiger partial charge in [0.2, 0.25) is 5.88 Å². The molecule has 2 aromatic heterocycles. The highest BCUT2D eigenvalue weighted by Crippen LogP contribution is 2.36. The summed E-state index contributed by atoms with van der Waals surface area (Å²) in [6.45, 7) is 7.58. The van der Waals surface area contributed by atoms with Gasteiger partial charge < -0.3 is 19.0 Å². The van der Waals surface area contributed by atoms with E-state index < -0.39 is 6.10 Å². The molecule has 0 amide bonds. The topological polar surface area (TPSA) is 72.9 Å². The lowest BCUT2D eigenvalue weighted by atomic mass is 10.1. The Labute approximate surface area is 206 Å². The molecule has 35 heavy (non-hydrogen) atoms. The highest BCUT2D eigenvalue weighted by molar-refractivity contribution is 5.47. The molecule has 0 aliphatic rings. The van der Waals surface area contributed by atoms with Crippen LogP contribution in [0.2, 0.25) is 0 Å². The number of methoxy groups -OCH3 is 1. The lowest BCUT2D eigenvalue weighted by molar-refractivity contribution is 0.0667. The molecule has 0 spiro atoms. The van der Waals surface area contributed by atoms with E-state index in [9.17, 15) is 5.11 Å². The Kier molecular flexibility index (Phi) is 7.90. The second-order valence-corrected chi connectivity index (χ2v) is 8.93. The van der Waals surface area contributed by atoms with E-state index in [1.807, 2.05) is 92.2 Å². The highest BCUT2D eigenvalue weighted by atomic mass is 16.5. The van der Waals surface area contributed by atoms with Crippen LogP contribution in [0.15, 0.2) is 77.4 Å². The molecule has 7 heteroatoms. The lowest BCUT2D eigenvalue weighted by Crippen LogP contribution is -2.34. The monoisotopic (exact) mass is 475 g/mol. The number of hydrogen-bond acceptors (Lipinski definition) is 6. The zero-order valence-electron chi connectivity index (χ0n) is 20.7. The van der Waals surface area contributed by atoms with Crippen LogP contribution in [-0.4, -0.2) is 39.5 Å². The summed E-state index contributed by atoms with van der Waals surface area (Å²) in [5.41, 5.74) is 2.68. The lowest BCUT2D eigenvalue weighted by Gasteiger charge is -2.26. The maximum atomic E-state index is 10.7. The third-order valence-electron chi connectivity index (χ3n) is 5.97. The van der Waals surface area contributed by atoms with Crippen molar-refractivity contribution < 1.29 is 19.0 Å². The fraction of sp³-hybridized carbons (Fsp3) is 0.321. The van der Waals surface area contributed by atoms with E-state index in [4.69, 9.17) is 19.0 Å². The minimum atomic E-state index is -0.479. The molecule has 0 saturated heterocycles. The van der Waals surface area contributed by atoms with Gasteiger partial charge in [-0.25, -0.2) is 4.68 Å². The molecular formula is C28H33N3O4.